The number of aromatic amines is 3. The van der Waals surface area contributed by atoms with Crippen LogP contribution in [0.5, 0.6) is 0 Å². The maximum atomic E-state index is 19.3. The van der Waals surface area contributed by atoms with Crippen LogP contribution < -0.4 is 32.6 Å². The van der Waals surface area contributed by atoms with E-state index in [9.17, 15) is 44.6 Å². The van der Waals surface area contributed by atoms with Gasteiger partial charge >= 0.3 is 7.82 Å². The SMILES string of the molecule is CC(C)C(=O)Nc1nc2c(ncn2[C@H]2C[C@H](OP(OCCC#N)N(C(C)C)C(C)C)[C@H](C(OP(=O)(OC(c3ccccc3Cl)[C@@H]3O[C@@H](n4cnc5c(=O)[nH]c(NC(=O)C(C)C)nc54)C[C@@H]3OP(OCCC#N)N(C(C)C)C(C)C)OC(c3ccccc3Cl)[C@@H]3O[C@@H](n4cnc5c(=O)[nH]c(NC(=O)C(C)C)nc54)C[C@@H]3OP(OCCC#N)N(C(C)C)C(C)C)c3ccccc3Cl)O2)c(=O)[nH]1. The molecular weight excluding hydrogens is 1870 g/mol. The predicted octanol–water partition coefficient (Wildman–Crippen LogP) is 17.4. The molecule has 722 valence electrons. The summed E-state index contributed by atoms with van der Waals surface area (Å²) in [6, 6.07) is 24.1. The van der Waals surface area contributed by atoms with Crippen LogP contribution in [0.2, 0.25) is 15.1 Å². The van der Waals surface area contributed by atoms with Crippen molar-refractivity contribution in [2.24, 2.45) is 17.8 Å². The molecule has 15 atom stereocenters. The van der Waals surface area contributed by atoms with E-state index in [2.05, 4.69) is 64.1 Å². The van der Waals surface area contributed by atoms with E-state index in [1.54, 1.807) is 114 Å². The molecule has 0 saturated carbocycles. The fourth-order valence-electron chi connectivity index (χ4n) is 15.7. The molecular formula is C87H114Cl3N21O19P4. The minimum atomic E-state index is -6.11. The number of anilines is 3. The van der Waals surface area contributed by atoms with Gasteiger partial charge in [-0.25, -0.2) is 33.5 Å². The predicted molar refractivity (Wildman–Crippen MR) is 504 cm³/mol. The minimum absolute atomic E-state index is 0.00976. The summed E-state index contributed by atoms with van der Waals surface area (Å²) in [5.41, 5.74) is -2.66. The normalized spacial score (nSPS) is 20.7. The van der Waals surface area contributed by atoms with Gasteiger partial charge in [0.05, 0.1) is 94.6 Å². The van der Waals surface area contributed by atoms with E-state index >= 15 is 4.57 Å². The van der Waals surface area contributed by atoms with Crippen molar-refractivity contribution in [2.45, 2.75) is 273 Å². The van der Waals surface area contributed by atoms with Crippen molar-refractivity contribution in [1.82, 2.24) is 72.6 Å². The van der Waals surface area contributed by atoms with Crippen molar-refractivity contribution in [1.29, 1.82) is 15.8 Å². The fraction of sp³-hybridized carbons (Fsp3) is 0.552. The lowest BCUT2D eigenvalue weighted by Crippen LogP contribution is -2.39. The molecule has 0 bridgehead atoms. The number of hydrogen-bond acceptors (Lipinski definition) is 31. The monoisotopic (exact) mass is 1990 g/mol. The Morgan fingerprint density at radius 1 is 0.440 bits per heavy atom. The first-order valence-electron chi connectivity index (χ1n) is 44.3. The van der Waals surface area contributed by atoms with Crippen molar-refractivity contribution < 1.29 is 73.9 Å². The number of ether oxygens (including phenoxy) is 3. The second kappa shape index (κ2) is 46.7. The van der Waals surface area contributed by atoms with Crippen molar-refractivity contribution in [2.75, 3.05) is 35.8 Å². The number of H-pyrrole nitrogens is 3. The van der Waals surface area contributed by atoms with Gasteiger partial charge in [0.25, 0.3) is 42.3 Å². The Labute approximate surface area is 794 Å². The van der Waals surface area contributed by atoms with Gasteiger partial charge in [-0.05, 0) is 101 Å². The Hall–Kier alpha value is -8.62. The zero-order chi connectivity index (χ0) is 97.0. The van der Waals surface area contributed by atoms with Gasteiger partial charge in [0.1, 0.15) is 55.3 Å². The van der Waals surface area contributed by atoms with Crippen molar-refractivity contribution in [3.8, 4) is 18.2 Å². The van der Waals surface area contributed by atoms with Crippen LogP contribution in [-0.4, -0.2) is 183 Å². The summed E-state index contributed by atoms with van der Waals surface area (Å²) in [5, 5.41) is 38.4. The van der Waals surface area contributed by atoms with Gasteiger partial charge in [0, 0.05) is 105 Å². The number of phosphoric acid groups is 1. The summed E-state index contributed by atoms with van der Waals surface area (Å²) in [4.78, 5) is 119. The number of hydrogen-bond donors (Lipinski definition) is 6. The smallest absolute Gasteiger partial charge is 0.349 e. The molecule has 47 heteroatoms. The number of imidazole rings is 3. The van der Waals surface area contributed by atoms with E-state index in [0.717, 1.165) is 0 Å². The van der Waals surface area contributed by atoms with E-state index in [1.165, 1.54) is 32.7 Å². The molecule has 12 rings (SSSR count). The molecule has 6 aromatic heterocycles. The number of phosphoric ester groups is 1. The number of nitriles is 3. The molecule has 3 aliphatic rings. The Morgan fingerprint density at radius 3 is 0.910 bits per heavy atom. The molecule has 0 radical (unpaired) electrons. The van der Waals surface area contributed by atoms with Gasteiger partial charge < -0.3 is 41.4 Å². The van der Waals surface area contributed by atoms with E-state index < -0.39 is 159 Å². The van der Waals surface area contributed by atoms with Crippen LogP contribution in [0.1, 0.15) is 217 Å². The molecule has 3 aliphatic heterocycles. The highest BCUT2D eigenvalue weighted by molar-refractivity contribution is 7.48. The standard InChI is InChI=1S/C87H114Cl3N21O19P4/c1-46(2)79(112)100-85-97-76-67(82(115)103-85)94-43-106(76)64-40-61(125-131(119-37-25-34-91)109(49(7)8)50(9)10)73(122-64)70(55-28-19-22-31-58(55)88)128-134(118,129-71(56-29-20-23-32-59(56)89)74-62(126-132(120-38-26-35-92)110(51(11)12)52(13)14)41-65(123-74)107-44-95-68-77(107)98-86(104-83(68)116)101-80(113)47(3)4)130-72(57-30-21-24-33-60(57)90)75-63(127-133(121-39-27-36-93)111(53(15)16)54(17)18)42-66(124-75)108-45-96-69-78(108)99-87(105-84(69)117)102-81(114)48(5)6/h19-24,28-33,43-54,61-66,70-75H,25-27,37-42H2,1-18H3,(H2,97,100,103,112,115)(H2,98,101,104,113,116)(H2,99,102,105,114,117)/t61-,62-,63-,64+,65+,66+,70?,71?,72?,73+,74+,75+,131?,132?,133?,134?/m0/s1. The van der Waals surface area contributed by atoms with Gasteiger partial charge in [-0.3, -0.25) is 86.9 Å². The number of halogens is 3. The largest absolute Gasteiger partial charge is 0.476 e. The molecule has 134 heavy (non-hydrogen) atoms. The number of nitrogens with one attached hydrogen (secondary N) is 6. The summed E-state index contributed by atoms with van der Waals surface area (Å²) >= 11 is 23.0. The van der Waals surface area contributed by atoms with E-state index in [1.807, 2.05) is 97.1 Å². The van der Waals surface area contributed by atoms with Gasteiger partial charge in [0.15, 0.2) is 33.5 Å². The third-order valence-electron chi connectivity index (χ3n) is 21.8. The van der Waals surface area contributed by atoms with Gasteiger partial charge in [-0.2, -0.15) is 30.7 Å². The number of carbonyl (C=O) groups is 3. The average Bonchev–Trinajstić information content (AvgIpc) is 1.58. The van der Waals surface area contributed by atoms with Crippen molar-refractivity contribution in [3.63, 3.8) is 0 Å². The van der Waals surface area contributed by atoms with Crippen LogP contribution in [0.4, 0.5) is 17.8 Å². The highest BCUT2D eigenvalue weighted by Crippen LogP contribution is 2.66. The van der Waals surface area contributed by atoms with Crippen molar-refractivity contribution >= 4 is 137 Å². The first kappa shape index (κ1) is 104. The van der Waals surface area contributed by atoms with Crippen LogP contribution in [0.3, 0.4) is 0 Å². The van der Waals surface area contributed by atoms with E-state index in [-0.39, 0.29) is 178 Å². The molecule has 0 spiro atoms. The lowest BCUT2D eigenvalue weighted by Gasteiger charge is -2.40. The zero-order valence-electron chi connectivity index (χ0n) is 77.5. The Balaban J connectivity index is 1.15. The summed E-state index contributed by atoms with van der Waals surface area (Å²) < 4.78 is 118. The van der Waals surface area contributed by atoms with Gasteiger partial charge in [-0.15, -0.1) is 0 Å². The lowest BCUT2D eigenvalue weighted by atomic mass is 10.0. The second-order valence-corrected chi connectivity index (χ2v) is 41.7. The van der Waals surface area contributed by atoms with Crippen LogP contribution in [-0.2, 0) is 73.9 Å². The van der Waals surface area contributed by atoms with Gasteiger partial charge in [0.2, 0.25) is 35.6 Å². The number of aromatic nitrogens is 12. The quantitative estimate of drug-likeness (QED) is 0.0152. The van der Waals surface area contributed by atoms with Gasteiger partial charge in [-0.1, -0.05) is 131 Å². The van der Waals surface area contributed by atoms with Crippen LogP contribution in [0.25, 0.3) is 33.5 Å². The topological polar surface area (TPSA) is 487 Å². The summed E-state index contributed by atoms with van der Waals surface area (Å²) in [5.74, 6) is -3.72. The van der Waals surface area contributed by atoms with E-state index in [4.69, 9.17) is 105 Å². The molecule has 0 aliphatic carbocycles. The first-order valence-corrected chi connectivity index (χ1v) is 50.2. The molecule has 6 unspecified atom stereocenters. The molecule has 3 saturated heterocycles. The van der Waals surface area contributed by atoms with Crippen LogP contribution in [0, 0.1) is 51.7 Å². The third kappa shape index (κ3) is 24.7. The second-order valence-electron chi connectivity index (χ2n) is 34.7. The molecule has 6 N–H and O–H groups in total. The number of amides is 3. The van der Waals surface area contributed by atoms with E-state index in [0.29, 0.717) is 0 Å². The first-order chi connectivity index (χ1) is 63.8. The molecule has 9 aromatic rings. The highest BCUT2D eigenvalue weighted by atomic mass is 35.5. The zero-order valence-corrected chi connectivity index (χ0v) is 83.4. The van der Waals surface area contributed by atoms with Crippen LogP contribution in [0.15, 0.2) is 106 Å². The Morgan fingerprint density at radius 2 is 0.687 bits per heavy atom. The maximum absolute atomic E-state index is 19.3. The Kier molecular flexibility index (Phi) is 36.3. The average molecular weight is 1990 g/mol. The Bertz CT molecular complexity index is 5380. The van der Waals surface area contributed by atoms with Crippen LogP contribution >= 0.6 is 68.2 Å². The summed E-state index contributed by atoms with van der Waals surface area (Å²) in [6.07, 6.45) is -15.3. The number of fused-ring (bicyclic) bond motifs is 3. The van der Waals surface area contributed by atoms with Crippen molar-refractivity contribution in [3.05, 3.63) is 155 Å². The molecule has 3 fully saturated rings. The minimum Gasteiger partial charge on any atom is -0.349 e. The molecule has 40 nitrogen and oxygen atoms in total. The summed E-state index contributed by atoms with van der Waals surface area (Å²) in [7, 11) is -13.0. The summed E-state index contributed by atoms with van der Waals surface area (Å²) in [6.45, 7) is 33.0. The fourth-order valence-corrected chi connectivity index (χ4v) is 23.4. The molecule has 3 amide bonds. The number of benzene rings is 3. The molecule has 9 heterocycles. The lowest BCUT2D eigenvalue weighted by molar-refractivity contribution is -0.119. The third-order valence-corrected chi connectivity index (χ3v) is 30.7. The number of nitrogens with zero attached hydrogens (tertiary/aromatic N) is 15. The number of carbonyl (C=O) groups excluding carboxylic acids is 3. The molecule has 3 aromatic carbocycles. The number of rotatable bonds is 45. The highest BCUT2D eigenvalue weighted by Gasteiger charge is 2.57. The maximum Gasteiger partial charge on any atom is 0.476 e.